The van der Waals surface area contributed by atoms with E-state index in [0.29, 0.717) is 37.6 Å². The molecule has 0 N–H and O–H groups in total. The van der Waals surface area contributed by atoms with Gasteiger partial charge in [-0.1, -0.05) is 12.1 Å². The number of hydrogen-bond acceptors (Lipinski definition) is 6. The van der Waals surface area contributed by atoms with Gasteiger partial charge in [0, 0.05) is 13.1 Å². The second-order valence-corrected chi connectivity index (χ2v) is 5.24. The zero-order valence-corrected chi connectivity index (χ0v) is 14.1. The molecule has 0 saturated carbocycles. The zero-order chi connectivity index (χ0) is 18.1. The summed E-state index contributed by atoms with van der Waals surface area (Å²) < 4.78 is 15.5. The molecule has 1 saturated heterocycles. The smallest absolute Gasteiger partial charge is 0.348 e. The SMILES string of the molecule is CCOC(=O)/C(C#N)=C\c1ccc(OCC(=O)N2CCOCC2)cc1. The van der Waals surface area contributed by atoms with Gasteiger partial charge in [-0.2, -0.15) is 5.26 Å². The van der Waals surface area contributed by atoms with Gasteiger partial charge in [0.05, 0.1) is 19.8 Å². The van der Waals surface area contributed by atoms with Gasteiger partial charge in [0.15, 0.2) is 6.61 Å². The second kappa shape index (κ2) is 9.45. The van der Waals surface area contributed by atoms with Gasteiger partial charge in [-0.25, -0.2) is 4.79 Å². The summed E-state index contributed by atoms with van der Waals surface area (Å²) in [5.41, 5.74) is 0.592. The first-order valence-electron chi connectivity index (χ1n) is 8.01. The Kier molecular flexibility index (Phi) is 6.99. The summed E-state index contributed by atoms with van der Waals surface area (Å²) in [7, 11) is 0. The molecule has 7 heteroatoms. The fourth-order valence-corrected chi connectivity index (χ4v) is 2.22. The molecule has 0 spiro atoms. The van der Waals surface area contributed by atoms with Crippen LogP contribution in [0.4, 0.5) is 0 Å². The lowest BCUT2D eigenvalue weighted by Gasteiger charge is -2.26. The molecule has 1 aliphatic rings. The fourth-order valence-electron chi connectivity index (χ4n) is 2.22. The van der Waals surface area contributed by atoms with Crippen LogP contribution in [0.5, 0.6) is 5.75 Å². The van der Waals surface area contributed by atoms with Gasteiger partial charge in [-0.05, 0) is 30.7 Å². The number of ether oxygens (including phenoxy) is 3. The van der Waals surface area contributed by atoms with Gasteiger partial charge in [0.2, 0.25) is 0 Å². The van der Waals surface area contributed by atoms with Gasteiger partial charge in [-0.3, -0.25) is 4.79 Å². The molecule has 1 fully saturated rings. The zero-order valence-electron chi connectivity index (χ0n) is 14.1. The van der Waals surface area contributed by atoms with E-state index in [4.69, 9.17) is 19.5 Å². The maximum absolute atomic E-state index is 12.0. The summed E-state index contributed by atoms with van der Waals surface area (Å²) in [6, 6.07) is 8.58. The Hall–Kier alpha value is -2.85. The van der Waals surface area contributed by atoms with Crippen molar-refractivity contribution in [3.63, 3.8) is 0 Å². The summed E-state index contributed by atoms with van der Waals surface area (Å²) >= 11 is 0. The second-order valence-electron chi connectivity index (χ2n) is 5.24. The van der Waals surface area contributed by atoms with Crippen molar-refractivity contribution in [3.8, 4) is 11.8 Å². The molecule has 7 nitrogen and oxygen atoms in total. The number of rotatable bonds is 6. The molecule has 0 bridgehead atoms. The molecule has 25 heavy (non-hydrogen) atoms. The minimum Gasteiger partial charge on any atom is -0.484 e. The Labute approximate surface area is 146 Å². The molecule has 2 rings (SSSR count). The van der Waals surface area contributed by atoms with Crippen molar-refractivity contribution >= 4 is 18.0 Å². The van der Waals surface area contributed by atoms with Crippen LogP contribution in [-0.4, -0.2) is 56.3 Å². The minimum atomic E-state index is -0.651. The predicted molar refractivity (Wildman–Crippen MR) is 89.6 cm³/mol. The average Bonchev–Trinajstić information content (AvgIpc) is 2.66. The summed E-state index contributed by atoms with van der Waals surface area (Å²) in [6.07, 6.45) is 1.45. The molecule has 1 aromatic rings. The van der Waals surface area contributed by atoms with Gasteiger partial charge in [0.1, 0.15) is 17.4 Å². The fraction of sp³-hybridized carbons (Fsp3) is 0.389. The molecule has 0 atom stereocenters. The molecule has 0 aliphatic carbocycles. The Balaban J connectivity index is 1.92. The third-order valence-corrected chi connectivity index (χ3v) is 3.53. The Morgan fingerprint density at radius 3 is 2.56 bits per heavy atom. The summed E-state index contributed by atoms with van der Waals surface area (Å²) in [6.45, 7) is 4.11. The number of nitrogens with zero attached hydrogens (tertiary/aromatic N) is 2. The monoisotopic (exact) mass is 344 g/mol. The van der Waals surface area contributed by atoms with E-state index >= 15 is 0 Å². The van der Waals surface area contributed by atoms with Crippen molar-refractivity contribution in [1.82, 2.24) is 4.90 Å². The van der Waals surface area contributed by atoms with Crippen LogP contribution in [0, 0.1) is 11.3 Å². The van der Waals surface area contributed by atoms with Crippen LogP contribution in [0.3, 0.4) is 0 Å². The van der Waals surface area contributed by atoms with E-state index < -0.39 is 5.97 Å². The summed E-state index contributed by atoms with van der Waals surface area (Å²) in [4.78, 5) is 25.3. The molecular formula is C18H20N2O5. The number of carbonyl (C=O) groups is 2. The molecule has 132 valence electrons. The standard InChI is InChI=1S/C18H20N2O5/c1-2-24-18(22)15(12-19)11-14-3-5-16(6-4-14)25-13-17(21)20-7-9-23-10-8-20/h3-6,11H,2,7-10,13H2,1H3/b15-11-. The number of morpholine rings is 1. The van der Waals surface area contributed by atoms with Crippen molar-refractivity contribution in [2.24, 2.45) is 0 Å². The van der Waals surface area contributed by atoms with Crippen molar-refractivity contribution in [1.29, 1.82) is 5.26 Å². The number of nitriles is 1. The number of hydrogen-bond donors (Lipinski definition) is 0. The van der Waals surface area contributed by atoms with Crippen molar-refractivity contribution < 1.29 is 23.8 Å². The van der Waals surface area contributed by atoms with E-state index in [1.54, 1.807) is 36.1 Å². The lowest BCUT2D eigenvalue weighted by atomic mass is 10.1. The van der Waals surface area contributed by atoms with Crippen LogP contribution < -0.4 is 4.74 Å². The largest absolute Gasteiger partial charge is 0.484 e. The highest BCUT2D eigenvalue weighted by atomic mass is 16.5. The van der Waals surface area contributed by atoms with Crippen molar-refractivity contribution in [2.45, 2.75) is 6.92 Å². The van der Waals surface area contributed by atoms with E-state index in [0.717, 1.165) is 0 Å². The highest BCUT2D eigenvalue weighted by Crippen LogP contribution is 2.15. The van der Waals surface area contributed by atoms with E-state index in [-0.39, 0.29) is 24.7 Å². The first-order chi connectivity index (χ1) is 12.1. The summed E-state index contributed by atoms with van der Waals surface area (Å²) in [5, 5.41) is 9.01. The third kappa shape index (κ3) is 5.62. The lowest BCUT2D eigenvalue weighted by Crippen LogP contribution is -2.42. The Morgan fingerprint density at radius 1 is 1.28 bits per heavy atom. The molecular weight excluding hydrogens is 324 g/mol. The van der Waals surface area contributed by atoms with Gasteiger partial charge in [-0.15, -0.1) is 0 Å². The topological polar surface area (TPSA) is 88.9 Å². The van der Waals surface area contributed by atoms with Gasteiger partial charge in [0.25, 0.3) is 5.91 Å². The number of carbonyl (C=O) groups excluding carboxylic acids is 2. The van der Waals surface area contributed by atoms with E-state index in [1.165, 1.54) is 6.08 Å². The quantitative estimate of drug-likeness (QED) is 0.440. The van der Waals surface area contributed by atoms with E-state index in [9.17, 15) is 9.59 Å². The van der Waals surface area contributed by atoms with Gasteiger partial charge < -0.3 is 19.1 Å². The number of benzene rings is 1. The highest BCUT2D eigenvalue weighted by Gasteiger charge is 2.17. The maximum atomic E-state index is 12.0. The highest BCUT2D eigenvalue weighted by molar-refractivity contribution is 5.97. The first-order valence-corrected chi connectivity index (χ1v) is 8.01. The van der Waals surface area contributed by atoms with Crippen LogP contribution in [0.15, 0.2) is 29.8 Å². The third-order valence-electron chi connectivity index (χ3n) is 3.53. The van der Waals surface area contributed by atoms with Crippen molar-refractivity contribution in [3.05, 3.63) is 35.4 Å². The van der Waals surface area contributed by atoms with Crippen LogP contribution in [0.2, 0.25) is 0 Å². The maximum Gasteiger partial charge on any atom is 0.348 e. The molecule has 1 aliphatic heterocycles. The molecule has 0 aromatic heterocycles. The number of amides is 1. The molecule has 1 amide bonds. The van der Waals surface area contributed by atoms with E-state index in [1.807, 2.05) is 6.07 Å². The average molecular weight is 344 g/mol. The Bertz CT molecular complexity index is 670. The normalized spacial score (nSPS) is 14.6. The number of esters is 1. The van der Waals surface area contributed by atoms with Gasteiger partial charge >= 0.3 is 5.97 Å². The molecule has 0 radical (unpaired) electrons. The first kappa shape index (κ1) is 18.5. The Morgan fingerprint density at radius 2 is 1.96 bits per heavy atom. The lowest BCUT2D eigenvalue weighted by molar-refractivity contribution is -0.138. The van der Waals surface area contributed by atoms with Crippen molar-refractivity contribution in [2.75, 3.05) is 39.5 Å². The van der Waals surface area contributed by atoms with E-state index in [2.05, 4.69) is 0 Å². The molecule has 0 unspecified atom stereocenters. The van der Waals surface area contributed by atoms with Crippen LogP contribution in [-0.2, 0) is 19.1 Å². The van der Waals surface area contributed by atoms with Crippen LogP contribution in [0.1, 0.15) is 12.5 Å². The van der Waals surface area contributed by atoms with Crippen LogP contribution in [0.25, 0.3) is 6.08 Å². The summed E-state index contributed by atoms with van der Waals surface area (Å²) in [5.74, 6) is -0.198. The molecule has 1 aromatic carbocycles. The minimum absolute atomic E-state index is 0.0402. The predicted octanol–water partition coefficient (Wildman–Crippen LogP) is 1.39. The molecule has 1 heterocycles. The van der Waals surface area contributed by atoms with Crippen LogP contribution >= 0.6 is 0 Å².